The maximum Gasteiger partial charge on any atom is 0.276 e. The Labute approximate surface area is 129 Å². The van der Waals surface area contributed by atoms with E-state index in [4.69, 9.17) is 0 Å². The van der Waals surface area contributed by atoms with Crippen molar-refractivity contribution < 1.29 is 4.79 Å². The van der Waals surface area contributed by atoms with E-state index in [1.807, 2.05) is 25.1 Å². The molecule has 1 heterocycles. The van der Waals surface area contributed by atoms with Gasteiger partial charge in [0.15, 0.2) is 5.69 Å². The van der Waals surface area contributed by atoms with Gasteiger partial charge in [-0.3, -0.25) is 14.3 Å². The molecule has 0 spiro atoms. The number of aromatic nitrogens is 2. The molecule has 0 unspecified atom stereocenters. The van der Waals surface area contributed by atoms with E-state index in [1.54, 1.807) is 11.7 Å². The van der Waals surface area contributed by atoms with Crippen LogP contribution in [0.4, 0.5) is 0 Å². The Morgan fingerprint density at radius 2 is 2.00 bits per heavy atom. The molecule has 5 heteroatoms. The van der Waals surface area contributed by atoms with E-state index in [-0.39, 0.29) is 23.1 Å². The molecular formula is C17H21N3O2. The molecular weight excluding hydrogens is 278 g/mol. The van der Waals surface area contributed by atoms with E-state index in [0.717, 1.165) is 36.8 Å². The number of amides is 1. The molecule has 1 amide bonds. The third kappa shape index (κ3) is 2.75. The van der Waals surface area contributed by atoms with Crippen LogP contribution < -0.4 is 10.7 Å². The van der Waals surface area contributed by atoms with Gasteiger partial charge < -0.3 is 5.32 Å². The number of nitrogens with one attached hydrogen (secondary N) is 1. The van der Waals surface area contributed by atoms with Gasteiger partial charge >= 0.3 is 0 Å². The summed E-state index contributed by atoms with van der Waals surface area (Å²) in [5.41, 5.74) is 1.44. The quantitative estimate of drug-likeness (QED) is 0.925. The fourth-order valence-electron chi connectivity index (χ4n) is 3.14. The predicted molar refractivity (Wildman–Crippen MR) is 86.1 cm³/mol. The first-order valence-electron chi connectivity index (χ1n) is 7.85. The lowest BCUT2D eigenvalue weighted by Gasteiger charge is -2.22. The van der Waals surface area contributed by atoms with Gasteiger partial charge in [-0.2, -0.15) is 5.10 Å². The Hall–Kier alpha value is -2.17. The Morgan fingerprint density at radius 1 is 1.27 bits per heavy atom. The van der Waals surface area contributed by atoms with Gasteiger partial charge in [0.2, 0.25) is 5.43 Å². The van der Waals surface area contributed by atoms with Crippen LogP contribution in [-0.2, 0) is 7.05 Å². The molecule has 0 radical (unpaired) electrons. The van der Waals surface area contributed by atoms with Gasteiger partial charge in [-0.25, -0.2) is 0 Å². The molecule has 5 nitrogen and oxygen atoms in total. The minimum absolute atomic E-state index is 0.00817. The summed E-state index contributed by atoms with van der Waals surface area (Å²) in [5.74, 6) is -0.351. The minimum Gasteiger partial charge on any atom is -0.348 e. The number of nitrogens with zero attached hydrogens (tertiary/aromatic N) is 2. The largest absolute Gasteiger partial charge is 0.348 e. The lowest BCUT2D eigenvalue weighted by atomic mass is 9.95. The van der Waals surface area contributed by atoms with Crippen molar-refractivity contribution in [2.24, 2.45) is 7.05 Å². The second kappa shape index (κ2) is 5.91. The molecule has 1 aliphatic carbocycles. The summed E-state index contributed by atoms with van der Waals surface area (Å²) in [6.07, 6.45) is 5.46. The van der Waals surface area contributed by atoms with Crippen molar-refractivity contribution in [3.63, 3.8) is 0 Å². The van der Waals surface area contributed by atoms with E-state index in [0.29, 0.717) is 5.39 Å². The highest BCUT2D eigenvalue weighted by Gasteiger charge is 2.21. The normalized spacial score (nSPS) is 15.9. The maximum atomic E-state index is 12.6. The van der Waals surface area contributed by atoms with E-state index in [9.17, 15) is 9.59 Å². The standard InChI is InChI=1S/C17H21N3O2/c1-11-8-9-14-13(10-11)16(21)15(19-20(14)2)17(22)18-12-6-4-3-5-7-12/h8-10,12H,3-7H2,1-2H3,(H,18,22). The topological polar surface area (TPSA) is 64.0 Å². The summed E-state index contributed by atoms with van der Waals surface area (Å²) < 4.78 is 1.60. The molecule has 2 aromatic rings. The summed E-state index contributed by atoms with van der Waals surface area (Å²) >= 11 is 0. The Balaban J connectivity index is 1.97. The number of fused-ring (bicyclic) bond motifs is 1. The van der Waals surface area contributed by atoms with Crippen molar-refractivity contribution in [1.29, 1.82) is 0 Å². The van der Waals surface area contributed by atoms with E-state index >= 15 is 0 Å². The van der Waals surface area contributed by atoms with Gasteiger partial charge in [-0.1, -0.05) is 30.9 Å². The smallest absolute Gasteiger partial charge is 0.276 e. The number of hydrogen-bond donors (Lipinski definition) is 1. The van der Waals surface area contributed by atoms with Gasteiger partial charge in [0.1, 0.15) is 0 Å². The van der Waals surface area contributed by atoms with Crippen LogP contribution in [0, 0.1) is 6.92 Å². The highest BCUT2D eigenvalue weighted by Crippen LogP contribution is 2.18. The van der Waals surface area contributed by atoms with Crippen molar-refractivity contribution >= 4 is 16.8 Å². The molecule has 22 heavy (non-hydrogen) atoms. The zero-order valence-corrected chi connectivity index (χ0v) is 13.1. The molecule has 1 N–H and O–H groups in total. The van der Waals surface area contributed by atoms with E-state index in [1.165, 1.54) is 6.42 Å². The minimum atomic E-state index is -0.351. The fourth-order valence-corrected chi connectivity index (χ4v) is 3.14. The first-order chi connectivity index (χ1) is 10.6. The van der Waals surface area contributed by atoms with Crippen LogP contribution in [0.15, 0.2) is 23.0 Å². The lowest BCUT2D eigenvalue weighted by Crippen LogP contribution is -2.39. The van der Waals surface area contributed by atoms with Gasteiger partial charge in [-0.05, 0) is 31.9 Å². The van der Waals surface area contributed by atoms with Crippen molar-refractivity contribution in [1.82, 2.24) is 15.1 Å². The third-order valence-electron chi connectivity index (χ3n) is 4.37. The molecule has 116 valence electrons. The average Bonchev–Trinajstić information content (AvgIpc) is 2.51. The summed E-state index contributed by atoms with van der Waals surface area (Å²) in [7, 11) is 1.76. The zero-order chi connectivity index (χ0) is 15.7. The van der Waals surface area contributed by atoms with Gasteiger partial charge in [0.25, 0.3) is 5.91 Å². The first-order valence-corrected chi connectivity index (χ1v) is 7.85. The molecule has 0 bridgehead atoms. The van der Waals surface area contributed by atoms with Crippen LogP contribution in [0.25, 0.3) is 10.9 Å². The van der Waals surface area contributed by atoms with Crippen LogP contribution in [0.1, 0.15) is 48.2 Å². The lowest BCUT2D eigenvalue weighted by molar-refractivity contribution is 0.0919. The number of carbonyl (C=O) groups excluding carboxylic acids is 1. The summed E-state index contributed by atoms with van der Waals surface area (Å²) in [6, 6.07) is 5.78. The number of rotatable bonds is 2. The molecule has 1 fully saturated rings. The van der Waals surface area contributed by atoms with Gasteiger partial charge in [0.05, 0.1) is 10.9 Å². The molecule has 0 atom stereocenters. The fraction of sp³-hybridized carbons (Fsp3) is 0.471. The SMILES string of the molecule is Cc1ccc2c(c1)c(=O)c(C(=O)NC1CCCCC1)nn2C. The molecule has 1 aliphatic rings. The van der Waals surface area contributed by atoms with Gasteiger partial charge in [-0.15, -0.1) is 0 Å². The Kier molecular flexibility index (Phi) is 3.96. The van der Waals surface area contributed by atoms with Crippen LogP contribution in [-0.4, -0.2) is 21.7 Å². The summed E-state index contributed by atoms with van der Waals surface area (Å²) in [6.45, 7) is 1.93. The molecule has 3 rings (SSSR count). The van der Waals surface area contributed by atoms with Crippen LogP contribution in [0.5, 0.6) is 0 Å². The number of carbonyl (C=O) groups is 1. The van der Waals surface area contributed by atoms with E-state index < -0.39 is 0 Å². The van der Waals surface area contributed by atoms with Crippen molar-refractivity contribution in [2.75, 3.05) is 0 Å². The van der Waals surface area contributed by atoms with Gasteiger partial charge in [0, 0.05) is 13.1 Å². The predicted octanol–water partition coefficient (Wildman–Crippen LogP) is 2.30. The van der Waals surface area contributed by atoms with Crippen LogP contribution in [0.3, 0.4) is 0 Å². The monoisotopic (exact) mass is 299 g/mol. The van der Waals surface area contributed by atoms with Crippen molar-refractivity contribution in [3.8, 4) is 0 Å². The number of benzene rings is 1. The summed E-state index contributed by atoms with van der Waals surface area (Å²) in [5, 5.41) is 7.70. The number of hydrogen-bond acceptors (Lipinski definition) is 3. The van der Waals surface area contributed by atoms with E-state index in [2.05, 4.69) is 10.4 Å². The van der Waals surface area contributed by atoms with Crippen LogP contribution >= 0.6 is 0 Å². The zero-order valence-electron chi connectivity index (χ0n) is 13.1. The highest BCUT2D eigenvalue weighted by molar-refractivity contribution is 5.95. The molecule has 0 saturated heterocycles. The second-order valence-corrected chi connectivity index (χ2v) is 6.13. The molecule has 1 aromatic carbocycles. The van der Waals surface area contributed by atoms with Crippen molar-refractivity contribution in [3.05, 3.63) is 39.7 Å². The Morgan fingerprint density at radius 3 is 2.73 bits per heavy atom. The van der Waals surface area contributed by atoms with Crippen molar-refractivity contribution in [2.45, 2.75) is 45.1 Å². The molecule has 1 aromatic heterocycles. The molecule has 0 aliphatic heterocycles. The maximum absolute atomic E-state index is 12.6. The summed E-state index contributed by atoms with van der Waals surface area (Å²) in [4.78, 5) is 25.0. The first kappa shape index (κ1) is 14.8. The average molecular weight is 299 g/mol. The highest BCUT2D eigenvalue weighted by atomic mass is 16.2. The Bertz CT molecular complexity index is 773. The van der Waals surface area contributed by atoms with Crippen LogP contribution in [0.2, 0.25) is 0 Å². The molecule has 1 saturated carbocycles. The third-order valence-corrected chi connectivity index (χ3v) is 4.37. The second-order valence-electron chi connectivity index (χ2n) is 6.13. The number of aryl methyl sites for hydroxylation is 2.